The van der Waals surface area contributed by atoms with Crippen LogP contribution in [0.5, 0.6) is 0 Å². The van der Waals surface area contributed by atoms with Gasteiger partial charge in [-0.3, -0.25) is 4.79 Å². The zero-order chi connectivity index (χ0) is 15.4. The Morgan fingerprint density at radius 2 is 1.64 bits per heavy atom. The maximum atomic E-state index is 12.3. The lowest BCUT2D eigenvalue weighted by Gasteiger charge is -2.43. The minimum Gasteiger partial charge on any atom is -0.388 e. The highest BCUT2D eigenvalue weighted by Crippen LogP contribution is 2.41. The summed E-state index contributed by atoms with van der Waals surface area (Å²) >= 11 is 0. The molecule has 1 fully saturated rings. The topological polar surface area (TPSA) is 49.3 Å². The van der Waals surface area contributed by atoms with Gasteiger partial charge in [0.15, 0.2) is 0 Å². The number of nitrogens with one attached hydrogen (secondary N) is 1. The van der Waals surface area contributed by atoms with E-state index < -0.39 is 6.10 Å². The van der Waals surface area contributed by atoms with Gasteiger partial charge in [0.05, 0.1) is 18.1 Å². The molecule has 0 radical (unpaired) electrons. The van der Waals surface area contributed by atoms with E-state index in [9.17, 15) is 9.90 Å². The number of carbonyl (C=O) groups is 1. The summed E-state index contributed by atoms with van der Waals surface area (Å²) in [6.07, 6.45) is 2.39. The van der Waals surface area contributed by atoms with Gasteiger partial charge >= 0.3 is 0 Å². The van der Waals surface area contributed by atoms with E-state index in [1.165, 1.54) is 0 Å². The molecule has 0 saturated heterocycles. The van der Waals surface area contributed by atoms with Gasteiger partial charge in [-0.25, -0.2) is 0 Å². The Hall–Kier alpha value is -2.13. The molecule has 114 valence electrons. The Bertz CT molecular complexity index is 620. The highest BCUT2D eigenvalue weighted by Gasteiger charge is 2.39. The van der Waals surface area contributed by atoms with E-state index in [4.69, 9.17) is 0 Å². The number of aliphatic hydroxyl groups is 1. The third-order valence-corrected chi connectivity index (χ3v) is 4.48. The van der Waals surface area contributed by atoms with Crippen molar-refractivity contribution in [3.63, 3.8) is 0 Å². The first-order valence-electron chi connectivity index (χ1n) is 7.79. The lowest BCUT2D eigenvalue weighted by Crippen LogP contribution is -2.51. The molecule has 2 N–H and O–H groups in total. The number of benzene rings is 2. The van der Waals surface area contributed by atoms with Crippen molar-refractivity contribution < 1.29 is 9.90 Å². The molecule has 1 amide bonds. The van der Waals surface area contributed by atoms with Crippen molar-refractivity contribution in [3.05, 3.63) is 71.8 Å². The van der Waals surface area contributed by atoms with E-state index in [0.29, 0.717) is 0 Å². The highest BCUT2D eigenvalue weighted by molar-refractivity contribution is 5.78. The zero-order valence-electron chi connectivity index (χ0n) is 12.5. The Morgan fingerprint density at radius 1 is 1.05 bits per heavy atom. The molecule has 0 heterocycles. The minimum atomic E-state index is -0.755. The van der Waals surface area contributed by atoms with Gasteiger partial charge in [0.2, 0.25) is 5.91 Å². The molecule has 1 saturated carbocycles. The molecule has 2 aromatic rings. The summed E-state index contributed by atoms with van der Waals surface area (Å²) in [7, 11) is 0. The minimum absolute atomic E-state index is 0.0958. The Morgan fingerprint density at radius 3 is 2.18 bits per heavy atom. The van der Waals surface area contributed by atoms with Crippen molar-refractivity contribution in [1.82, 2.24) is 5.32 Å². The van der Waals surface area contributed by atoms with Crippen molar-refractivity contribution in [3.8, 4) is 0 Å². The molecular weight excluding hydrogens is 274 g/mol. The molecule has 0 spiro atoms. The van der Waals surface area contributed by atoms with Crippen LogP contribution < -0.4 is 5.32 Å². The largest absolute Gasteiger partial charge is 0.388 e. The van der Waals surface area contributed by atoms with Crippen LogP contribution in [0.4, 0.5) is 0 Å². The van der Waals surface area contributed by atoms with Crippen LogP contribution >= 0.6 is 0 Å². The fraction of sp³-hybridized carbons (Fsp3) is 0.316. The summed E-state index contributed by atoms with van der Waals surface area (Å²) in [5, 5.41) is 13.3. The standard InChI is InChI=1S/C19H21NO2/c21-17(15-8-3-1-4-9-15)14-18(22)20-19(12-7-13-19)16-10-5-2-6-11-16/h1-6,8-11,17,21H,7,12-14H2,(H,20,22). The molecule has 1 aliphatic rings. The van der Waals surface area contributed by atoms with Crippen LogP contribution in [-0.2, 0) is 10.3 Å². The monoisotopic (exact) mass is 295 g/mol. The second-order valence-electron chi connectivity index (χ2n) is 5.98. The smallest absolute Gasteiger partial charge is 0.223 e. The molecule has 0 bridgehead atoms. The second-order valence-corrected chi connectivity index (χ2v) is 5.98. The van der Waals surface area contributed by atoms with Crippen molar-refractivity contribution in [2.45, 2.75) is 37.3 Å². The van der Waals surface area contributed by atoms with Crippen molar-refractivity contribution >= 4 is 5.91 Å². The maximum Gasteiger partial charge on any atom is 0.223 e. The molecule has 0 aromatic heterocycles. The summed E-state index contributed by atoms with van der Waals surface area (Å²) in [5.74, 6) is -0.0973. The van der Waals surface area contributed by atoms with E-state index in [2.05, 4.69) is 17.4 Å². The number of hydrogen-bond donors (Lipinski definition) is 2. The summed E-state index contributed by atoms with van der Waals surface area (Å²) in [5.41, 5.74) is 1.69. The van der Waals surface area contributed by atoms with Crippen LogP contribution in [0.2, 0.25) is 0 Å². The van der Waals surface area contributed by atoms with Crippen LogP contribution in [-0.4, -0.2) is 11.0 Å². The first-order chi connectivity index (χ1) is 10.7. The van der Waals surface area contributed by atoms with Crippen LogP contribution in [0.1, 0.15) is 42.9 Å². The molecular formula is C19H21NO2. The predicted molar refractivity (Wildman–Crippen MR) is 86.1 cm³/mol. The van der Waals surface area contributed by atoms with E-state index in [0.717, 1.165) is 30.4 Å². The van der Waals surface area contributed by atoms with Gasteiger partial charge in [0.1, 0.15) is 0 Å². The van der Waals surface area contributed by atoms with Gasteiger partial charge in [-0.15, -0.1) is 0 Å². The van der Waals surface area contributed by atoms with E-state index in [1.807, 2.05) is 48.5 Å². The molecule has 3 rings (SSSR count). The second kappa shape index (κ2) is 6.32. The normalized spacial score (nSPS) is 17.3. The van der Waals surface area contributed by atoms with Gasteiger partial charge in [-0.05, 0) is 30.4 Å². The molecule has 2 aromatic carbocycles. The van der Waals surface area contributed by atoms with Crippen molar-refractivity contribution in [2.75, 3.05) is 0 Å². The molecule has 3 heteroatoms. The highest BCUT2D eigenvalue weighted by atomic mass is 16.3. The predicted octanol–water partition coefficient (Wildman–Crippen LogP) is 3.31. The number of rotatable bonds is 5. The maximum absolute atomic E-state index is 12.3. The van der Waals surface area contributed by atoms with Crippen LogP contribution in [0, 0.1) is 0 Å². The average Bonchev–Trinajstić information content (AvgIpc) is 2.52. The lowest BCUT2D eigenvalue weighted by molar-refractivity contribution is -0.126. The Labute approximate surface area is 131 Å². The molecule has 22 heavy (non-hydrogen) atoms. The van der Waals surface area contributed by atoms with E-state index in [-0.39, 0.29) is 17.9 Å². The van der Waals surface area contributed by atoms with Gasteiger partial charge in [-0.2, -0.15) is 0 Å². The number of aliphatic hydroxyl groups excluding tert-OH is 1. The summed E-state index contributed by atoms with van der Waals surface area (Å²) in [4.78, 5) is 12.3. The van der Waals surface area contributed by atoms with Gasteiger partial charge < -0.3 is 10.4 Å². The molecule has 1 aliphatic carbocycles. The zero-order valence-corrected chi connectivity index (χ0v) is 12.5. The quantitative estimate of drug-likeness (QED) is 0.889. The van der Waals surface area contributed by atoms with Crippen molar-refractivity contribution in [2.24, 2.45) is 0 Å². The fourth-order valence-corrected chi connectivity index (χ4v) is 3.06. The van der Waals surface area contributed by atoms with Gasteiger partial charge in [-0.1, -0.05) is 60.7 Å². The molecule has 1 unspecified atom stereocenters. The number of amides is 1. The summed E-state index contributed by atoms with van der Waals surface area (Å²) in [6, 6.07) is 19.4. The first-order valence-corrected chi connectivity index (χ1v) is 7.79. The lowest BCUT2D eigenvalue weighted by atomic mass is 9.71. The number of hydrogen-bond acceptors (Lipinski definition) is 2. The average molecular weight is 295 g/mol. The Balaban J connectivity index is 1.66. The van der Waals surface area contributed by atoms with E-state index >= 15 is 0 Å². The Kier molecular flexibility index (Phi) is 4.25. The van der Waals surface area contributed by atoms with Gasteiger partial charge in [0.25, 0.3) is 0 Å². The molecule has 1 atom stereocenters. The van der Waals surface area contributed by atoms with Crippen LogP contribution in [0.25, 0.3) is 0 Å². The summed E-state index contributed by atoms with van der Waals surface area (Å²) < 4.78 is 0. The third kappa shape index (κ3) is 3.04. The fourth-order valence-electron chi connectivity index (χ4n) is 3.06. The number of carbonyl (C=O) groups excluding carboxylic acids is 1. The van der Waals surface area contributed by atoms with Gasteiger partial charge in [0, 0.05) is 0 Å². The molecule has 3 nitrogen and oxygen atoms in total. The first kappa shape index (κ1) is 14.8. The van der Waals surface area contributed by atoms with Crippen molar-refractivity contribution in [1.29, 1.82) is 0 Å². The summed E-state index contributed by atoms with van der Waals surface area (Å²) in [6.45, 7) is 0. The van der Waals surface area contributed by atoms with Crippen LogP contribution in [0.3, 0.4) is 0 Å². The van der Waals surface area contributed by atoms with Crippen LogP contribution in [0.15, 0.2) is 60.7 Å². The third-order valence-electron chi connectivity index (χ3n) is 4.48. The molecule has 0 aliphatic heterocycles. The van der Waals surface area contributed by atoms with E-state index in [1.54, 1.807) is 0 Å². The SMILES string of the molecule is O=C(CC(O)c1ccccc1)NC1(c2ccccc2)CCC1.